The minimum absolute atomic E-state index is 0.844. The molecule has 0 N–H and O–H groups in total. The summed E-state index contributed by atoms with van der Waals surface area (Å²) in [6.45, 7) is 2.10. The molecule has 0 unspecified atom stereocenters. The van der Waals surface area contributed by atoms with Crippen LogP contribution in [0.25, 0.3) is 33.1 Å². The molecule has 2 aromatic heterocycles. The number of hydrogen-bond acceptors (Lipinski definition) is 3. The minimum Gasteiger partial charge on any atom is -0.497 e. The summed E-state index contributed by atoms with van der Waals surface area (Å²) in [6, 6.07) is 18.4. The fraction of sp³-hybridized carbons (Fsp3) is 0.100. The predicted octanol–water partition coefficient (Wildman–Crippen LogP) is 4.77. The topological polar surface area (TPSA) is 35.0 Å². The van der Waals surface area contributed by atoms with Crippen LogP contribution in [0.1, 0.15) is 5.56 Å². The van der Waals surface area contributed by atoms with Gasteiger partial charge < -0.3 is 4.74 Å². The Labute approximate surface area is 134 Å². The summed E-state index contributed by atoms with van der Waals surface area (Å²) >= 11 is 0. The second-order valence-corrected chi connectivity index (χ2v) is 5.61. The van der Waals surface area contributed by atoms with Crippen LogP contribution in [0.3, 0.4) is 0 Å². The van der Waals surface area contributed by atoms with Gasteiger partial charge in [0, 0.05) is 22.5 Å². The van der Waals surface area contributed by atoms with E-state index in [-0.39, 0.29) is 0 Å². The first kappa shape index (κ1) is 13.7. The van der Waals surface area contributed by atoms with Gasteiger partial charge in [0.1, 0.15) is 5.75 Å². The molecular formula is C20H16N2O. The van der Waals surface area contributed by atoms with E-state index in [1.54, 1.807) is 7.11 Å². The molecule has 0 saturated carbocycles. The number of nitrogens with zero attached hydrogens (tertiary/aromatic N) is 2. The van der Waals surface area contributed by atoms with Crippen molar-refractivity contribution in [2.75, 3.05) is 7.11 Å². The van der Waals surface area contributed by atoms with E-state index in [4.69, 9.17) is 9.72 Å². The van der Waals surface area contributed by atoms with Gasteiger partial charge in [-0.2, -0.15) is 0 Å². The van der Waals surface area contributed by atoms with E-state index in [1.165, 1.54) is 5.56 Å². The normalized spacial score (nSPS) is 11.0. The Bertz CT molecular complexity index is 1010. The number of rotatable bonds is 2. The molecule has 2 aromatic carbocycles. The lowest BCUT2D eigenvalue weighted by Gasteiger charge is -2.10. The van der Waals surface area contributed by atoms with Gasteiger partial charge in [-0.1, -0.05) is 17.7 Å². The molecule has 0 amide bonds. The van der Waals surface area contributed by atoms with E-state index < -0.39 is 0 Å². The molecule has 0 aliphatic carbocycles. The molecule has 0 saturated heterocycles. The van der Waals surface area contributed by atoms with E-state index in [1.807, 2.05) is 42.6 Å². The van der Waals surface area contributed by atoms with Crippen molar-refractivity contribution in [2.45, 2.75) is 6.92 Å². The number of benzene rings is 2. The molecule has 23 heavy (non-hydrogen) atoms. The molecule has 3 heteroatoms. The Morgan fingerprint density at radius 1 is 0.913 bits per heavy atom. The smallest absolute Gasteiger partial charge is 0.118 e. The van der Waals surface area contributed by atoms with Crippen molar-refractivity contribution in [3.63, 3.8) is 0 Å². The zero-order chi connectivity index (χ0) is 15.8. The van der Waals surface area contributed by atoms with Gasteiger partial charge in [-0.25, -0.2) is 4.98 Å². The van der Waals surface area contributed by atoms with Crippen molar-refractivity contribution >= 4 is 21.8 Å². The monoisotopic (exact) mass is 300 g/mol. The Kier molecular flexibility index (Phi) is 3.19. The highest BCUT2D eigenvalue weighted by Crippen LogP contribution is 2.32. The largest absolute Gasteiger partial charge is 0.497 e. The van der Waals surface area contributed by atoms with Crippen molar-refractivity contribution in [1.29, 1.82) is 0 Å². The number of hydrogen-bond donors (Lipinski definition) is 0. The third kappa shape index (κ3) is 2.30. The lowest BCUT2D eigenvalue weighted by Crippen LogP contribution is -1.92. The molecule has 3 nitrogen and oxygen atoms in total. The maximum Gasteiger partial charge on any atom is 0.118 e. The summed E-state index contributed by atoms with van der Waals surface area (Å²) in [5.41, 5.74) is 5.12. The molecule has 4 rings (SSSR count). The van der Waals surface area contributed by atoms with E-state index in [0.29, 0.717) is 0 Å². The summed E-state index contributed by atoms with van der Waals surface area (Å²) < 4.78 is 5.25. The Balaban J connectivity index is 2.08. The molecule has 0 fully saturated rings. The van der Waals surface area contributed by atoms with Gasteiger partial charge in [-0.15, -0.1) is 0 Å². The Hall–Kier alpha value is -2.94. The highest BCUT2D eigenvalue weighted by atomic mass is 16.5. The average Bonchev–Trinajstić information content (AvgIpc) is 2.61. The summed E-state index contributed by atoms with van der Waals surface area (Å²) in [5, 5.41) is 2.26. The van der Waals surface area contributed by atoms with Gasteiger partial charge in [0.15, 0.2) is 0 Å². The molecule has 0 atom stereocenters. The summed E-state index contributed by atoms with van der Waals surface area (Å²) in [7, 11) is 1.67. The van der Waals surface area contributed by atoms with E-state index in [0.717, 1.165) is 38.8 Å². The molecule has 4 aromatic rings. The molecule has 0 bridgehead atoms. The van der Waals surface area contributed by atoms with Crippen molar-refractivity contribution in [1.82, 2.24) is 9.97 Å². The maximum absolute atomic E-state index is 5.25. The Morgan fingerprint density at radius 3 is 2.52 bits per heavy atom. The van der Waals surface area contributed by atoms with Crippen LogP contribution in [0.15, 0.2) is 60.8 Å². The average molecular weight is 300 g/mol. The van der Waals surface area contributed by atoms with Crippen LogP contribution in [-0.2, 0) is 0 Å². The fourth-order valence-corrected chi connectivity index (χ4v) is 2.90. The van der Waals surface area contributed by atoms with Gasteiger partial charge in [-0.05, 0) is 49.4 Å². The van der Waals surface area contributed by atoms with Gasteiger partial charge >= 0.3 is 0 Å². The van der Waals surface area contributed by atoms with Crippen LogP contribution in [0.5, 0.6) is 5.75 Å². The summed E-state index contributed by atoms with van der Waals surface area (Å²) in [4.78, 5) is 9.39. The van der Waals surface area contributed by atoms with Crippen LogP contribution in [-0.4, -0.2) is 17.1 Å². The van der Waals surface area contributed by atoms with Crippen LogP contribution in [0, 0.1) is 6.92 Å². The highest BCUT2D eigenvalue weighted by molar-refractivity contribution is 6.09. The molecule has 112 valence electrons. The zero-order valence-corrected chi connectivity index (χ0v) is 13.1. The van der Waals surface area contributed by atoms with E-state index in [2.05, 4.69) is 30.1 Å². The molecule has 0 spiro atoms. The number of aryl methyl sites for hydroxylation is 1. The highest BCUT2D eigenvalue weighted by Gasteiger charge is 2.11. The molecule has 0 aliphatic rings. The van der Waals surface area contributed by atoms with Crippen molar-refractivity contribution in [3.05, 3.63) is 66.4 Å². The number of fused-ring (bicyclic) bond motifs is 3. The van der Waals surface area contributed by atoms with Gasteiger partial charge in [0.25, 0.3) is 0 Å². The standard InChI is InChI=1S/C20H16N2O/c1-13-5-10-16-17(12-13)19(14-6-8-15(23-2)9-7-14)22-18-4-3-11-21-20(16)18/h3-12H,1-2H3. The number of ether oxygens (including phenoxy) is 1. The second kappa shape index (κ2) is 5.36. The lowest BCUT2D eigenvalue weighted by molar-refractivity contribution is 0.415. The molecule has 0 radical (unpaired) electrons. The van der Waals surface area contributed by atoms with Crippen LogP contribution < -0.4 is 4.74 Å². The maximum atomic E-state index is 5.25. The third-order valence-electron chi connectivity index (χ3n) is 4.07. The van der Waals surface area contributed by atoms with E-state index >= 15 is 0 Å². The third-order valence-corrected chi connectivity index (χ3v) is 4.07. The van der Waals surface area contributed by atoms with Crippen LogP contribution in [0.4, 0.5) is 0 Å². The second-order valence-electron chi connectivity index (χ2n) is 5.61. The van der Waals surface area contributed by atoms with Gasteiger partial charge in [0.05, 0.1) is 23.8 Å². The van der Waals surface area contributed by atoms with E-state index in [9.17, 15) is 0 Å². The summed E-state index contributed by atoms with van der Waals surface area (Å²) in [6.07, 6.45) is 1.82. The van der Waals surface area contributed by atoms with Crippen LogP contribution in [0.2, 0.25) is 0 Å². The first-order chi connectivity index (χ1) is 11.3. The summed E-state index contributed by atoms with van der Waals surface area (Å²) in [5.74, 6) is 0.844. The first-order valence-corrected chi connectivity index (χ1v) is 7.56. The Morgan fingerprint density at radius 2 is 1.74 bits per heavy atom. The number of methoxy groups -OCH3 is 1. The number of aromatic nitrogens is 2. The quantitative estimate of drug-likeness (QED) is 0.500. The van der Waals surface area contributed by atoms with Gasteiger partial charge in [0.2, 0.25) is 0 Å². The molecule has 0 aliphatic heterocycles. The molecular weight excluding hydrogens is 284 g/mol. The fourth-order valence-electron chi connectivity index (χ4n) is 2.90. The van der Waals surface area contributed by atoms with Crippen molar-refractivity contribution < 1.29 is 4.74 Å². The van der Waals surface area contributed by atoms with Crippen molar-refractivity contribution in [3.8, 4) is 17.0 Å². The SMILES string of the molecule is COc1ccc(-c2nc3cccnc3c3ccc(C)cc23)cc1. The van der Waals surface area contributed by atoms with Crippen LogP contribution >= 0.6 is 0 Å². The predicted molar refractivity (Wildman–Crippen MR) is 93.8 cm³/mol. The van der Waals surface area contributed by atoms with Crippen molar-refractivity contribution in [2.24, 2.45) is 0 Å². The minimum atomic E-state index is 0.844. The number of pyridine rings is 2. The van der Waals surface area contributed by atoms with Gasteiger partial charge in [-0.3, -0.25) is 4.98 Å². The first-order valence-electron chi connectivity index (χ1n) is 7.56. The molecule has 2 heterocycles. The lowest BCUT2D eigenvalue weighted by atomic mass is 10.0. The zero-order valence-electron chi connectivity index (χ0n) is 13.1.